The highest BCUT2D eigenvalue weighted by Crippen LogP contribution is 2.35. The number of halogens is 3. The van der Waals surface area contributed by atoms with E-state index >= 15 is 0 Å². The molecule has 1 aromatic heterocycles. The van der Waals surface area contributed by atoms with E-state index in [1.54, 1.807) is 0 Å². The van der Waals surface area contributed by atoms with Crippen LogP contribution in [0.2, 0.25) is 0 Å². The molecule has 0 saturated carbocycles. The van der Waals surface area contributed by atoms with Crippen molar-refractivity contribution in [2.24, 2.45) is 5.92 Å². The van der Waals surface area contributed by atoms with Gasteiger partial charge in [0.2, 0.25) is 5.88 Å². The third kappa shape index (κ3) is 3.61. The van der Waals surface area contributed by atoms with Gasteiger partial charge in [-0.2, -0.15) is 13.2 Å². The maximum absolute atomic E-state index is 12.7. The lowest BCUT2D eigenvalue weighted by Crippen LogP contribution is -2.10. The third-order valence-electron chi connectivity index (χ3n) is 2.69. The van der Waals surface area contributed by atoms with Gasteiger partial charge in [0.25, 0.3) is 0 Å². The molecule has 17 heavy (non-hydrogen) atoms. The maximum atomic E-state index is 12.7. The van der Waals surface area contributed by atoms with E-state index < -0.39 is 11.7 Å². The van der Waals surface area contributed by atoms with E-state index in [2.05, 4.69) is 9.72 Å². The fraction of sp³-hybridized carbons (Fsp3) is 0.583. The molecule has 2 nitrogen and oxygen atoms in total. The molecule has 1 heterocycles. The average Bonchev–Trinajstić information content (AvgIpc) is 2.27. The Morgan fingerprint density at radius 1 is 1.41 bits per heavy atom. The molecule has 0 radical (unpaired) electrons. The van der Waals surface area contributed by atoms with Crippen LogP contribution in [0.1, 0.15) is 31.4 Å². The fourth-order valence-electron chi connectivity index (χ4n) is 1.52. The first-order valence-electron chi connectivity index (χ1n) is 5.48. The van der Waals surface area contributed by atoms with Crippen molar-refractivity contribution in [3.05, 3.63) is 23.4 Å². The van der Waals surface area contributed by atoms with Crippen LogP contribution >= 0.6 is 0 Å². The van der Waals surface area contributed by atoms with Crippen molar-refractivity contribution in [1.29, 1.82) is 0 Å². The molecule has 0 aliphatic carbocycles. The average molecular weight is 247 g/mol. The van der Waals surface area contributed by atoms with E-state index in [1.165, 1.54) is 13.3 Å². The van der Waals surface area contributed by atoms with Crippen molar-refractivity contribution in [1.82, 2.24) is 4.98 Å². The van der Waals surface area contributed by atoms with E-state index in [-0.39, 0.29) is 5.88 Å². The van der Waals surface area contributed by atoms with Crippen LogP contribution in [0.3, 0.4) is 0 Å². The van der Waals surface area contributed by atoms with Crippen molar-refractivity contribution >= 4 is 0 Å². The first-order valence-corrected chi connectivity index (χ1v) is 5.48. The van der Waals surface area contributed by atoms with Crippen molar-refractivity contribution in [2.45, 2.75) is 32.9 Å². The molecule has 0 fully saturated rings. The molecule has 1 aromatic rings. The number of alkyl halides is 3. The Balaban J connectivity index is 3.05. The van der Waals surface area contributed by atoms with Crippen molar-refractivity contribution in [3.63, 3.8) is 0 Å². The zero-order valence-corrected chi connectivity index (χ0v) is 10.1. The SMILES string of the molecule is CCC(C)Cc1cnc(OC)c(C(F)(F)F)c1. The van der Waals surface area contributed by atoms with Crippen molar-refractivity contribution < 1.29 is 17.9 Å². The Hall–Kier alpha value is -1.26. The largest absolute Gasteiger partial charge is 0.481 e. The molecule has 0 bridgehead atoms. The summed E-state index contributed by atoms with van der Waals surface area (Å²) >= 11 is 0. The predicted molar refractivity (Wildman–Crippen MR) is 59.0 cm³/mol. The molecule has 0 amide bonds. The van der Waals surface area contributed by atoms with Gasteiger partial charge < -0.3 is 4.74 Å². The summed E-state index contributed by atoms with van der Waals surface area (Å²) in [7, 11) is 1.19. The lowest BCUT2D eigenvalue weighted by atomic mass is 9.99. The summed E-state index contributed by atoms with van der Waals surface area (Å²) in [6, 6.07) is 1.12. The van der Waals surface area contributed by atoms with Gasteiger partial charge in [-0.25, -0.2) is 4.98 Å². The van der Waals surface area contributed by atoms with Crippen LogP contribution in [0.5, 0.6) is 5.88 Å². The molecule has 1 unspecified atom stereocenters. The molecular weight excluding hydrogens is 231 g/mol. The summed E-state index contributed by atoms with van der Waals surface area (Å²) in [6.07, 6.45) is -1.46. The second-order valence-corrected chi connectivity index (χ2v) is 4.12. The normalized spacial score (nSPS) is 13.5. The van der Waals surface area contributed by atoms with E-state index in [0.29, 0.717) is 17.9 Å². The Morgan fingerprint density at radius 3 is 2.53 bits per heavy atom. The fourth-order valence-corrected chi connectivity index (χ4v) is 1.52. The quantitative estimate of drug-likeness (QED) is 0.809. The van der Waals surface area contributed by atoms with E-state index in [1.807, 2.05) is 13.8 Å². The first-order chi connectivity index (χ1) is 7.88. The van der Waals surface area contributed by atoms with Gasteiger partial charge in [0.1, 0.15) is 5.56 Å². The lowest BCUT2D eigenvalue weighted by molar-refractivity contribution is -0.139. The smallest absolute Gasteiger partial charge is 0.421 e. The number of nitrogens with zero attached hydrogens (tertiary/aromatic N) is 1. The molecule has 0 N–H and O–H groups in total. The number of hydrogen-bond acceptors (Lipinski definition) is 2. The number of ether oxygens (including phenoxy) is 1. The Bertz CT molecular complexity index is 377. The minimum absolute atomic E-state index is 0.339. The second-order valence-electron chi connectivity index (χ2n) is 4.12. The Morgan fingerprint density at radius 2 is 2.06 bits per heavy atom. The molecule has 96 valence electrons. The zero-order chi connectivity index (χ0) is 13.1. The van der Waals surface area contributed by atoms with Crippen LogP contribution in [0.25, 0.3) is 0 Å². The Kier molecular flexibility index (Phi) is 4.37. The molecule has 1 rings (SSSR count). The first kappa shape index (κ1) is 13.8. The van der Waals surface area contributed by atoms with Crippen LogP contribution in [-0.4, -0.2) is 12.1 Å². The third-order valence-corrected chi connectivity index (χ3v) is 2.69. The minimum atomic E-state index is -4.43. The number of rotatable bonds is 4. The molecule has 0 aliphatic rings. The minimum Gasteiger partial charge on any atom is -0.481 e. The van der Waals surface area contributed by atoms with E-state index in [0.717, 1.165) is 12.5 Å². The highest BCUT2D eigenvalue weighted by molar-refractivity contribution is 5.32. The maximum Gasteiger partial charge on any atom is 0.421 e. The van der Waals surface area contributed by atoms with Crippen LogP contribution in [0.4, 0.5) is 13.2 Å². The van der Waals surface area contributed by atoms with Crippen molar-refractivity contribution in [2.75, 3.05) is 7.11 Å². The van der Waals surface area contributed by atoms with Gasteiger partial charge in [-0.05, 0) is 24.0 Å². The number of methoxy groups -OCH3 is 1. The molecule has 0 spiro atoms. The summed E-state index contributed by atoms with van der Waals surface area (Å²) < 4.78 is 42.8. The molecule has 0 aliphatic heterocycles. The van der Waals surface area contributed by atoms with Gasteiger partial charge in [-0.3, -0.25) is 0 Å². The van der Waals surface area contributed by atoms with Gasteiger partial charge in [-0.1, -0.05) is 20.3 Å². The van der Waals surface area contributed by atoms with E-state index in [4.69, 9.17) is 0 Å². The second kappa shape index (κ2) is 5.38. The summed E-state index contributed by atoms with van der Waals surface area (Å²) in [6.45, 7) is 4.00. The molecule has 5 heteroatoms. The van der Waals surface area contributed by atoms with Gasteiger partial charge in [0.15, 0.2) is 0 Å². The van der Waals surface area contributed by atoms with Crippen LogP contribution in [-0.2, 0) is 12.6 Å². The standard InChI is InChI=1S/C12H16F3NO/c1-4-8(2)5-9-6-10(12(13,14)15)11(17-3)16-7-9/h6-8H,4-5H2,1-3H3. The molecule has 1 atom stereocenters. The zero-order valence-electron chi connectivity index (χ0n) is 10.1. The van der Waals surface area contributed by atoms with Gasteiger partial charge in [0, 0.05) is 6.20 Å². The topological polar surface area (TPSA) is 22.1 Å². The molecular formula is C12H16F3NO. The Labute approximate surface area is 98.8 Å². The van der Waals surface area contributed by atoms with Gasteiger partial charge in [0.05, 0.1) is 7.11 Å². The lowest BCUT2D eigenvalue weighted by Gasteiger charge is -2.14. The number of hydrogen-bond donors (Lipinski definition) is 0. The van der Waals surface area contributed by atoms with Crippen molar-refractivity contribution in [3.8, 4) is 5.88 Å². The number of pyridine rings is 1. The monoisotopic (exact) mass is 247 g/mol. The van der Waals surface area contributed by atoms with Gasteiger partial charge >= 0.3 is 6.18 Å². The summed E-state index contributed by atoms with van der Waals surface area (Å²) in [5.74, 6) is -0.0309. The van der Waals surface area contributed by atoms with Crippen LogP contribution in [0.15, 0.2) is 12.3 Å². The van der Waals surface area contributed by atoms with E-state index in [9.17, 15) is 13.2 Å². The predicted octanol–water partition coefficient (Wildman–Crippen LogP) is 3.70. The highest BCUT2D eigenvalue weighted by atomic mass is 19.4. The van der Waals surface area contributed by atoms with Crippen LogP contribution in [0, 0.1) is 5.92 Å². The summed E-state index contributed by atoms with van der Waals surface area (Å²) in [5, 5.41) is 0. The number of aromatic nitrogens is 1. The highest BCUT2D eigenvalue weighted by Gasteiger charge is 2.35. The molecule has 0 aromatic carbocycles. The summed E-state index contributed by atoms with van der Waals surface area (Å²) in [5.41, 5.74) is -0.215. The summed E-state index contributed by atoms with van der Waals surface area (Å²) in [4.78, 5) is 3.71. The van der Waals surface area contributed by atoms with Crippen LogP contribution < -0.4 is 4.74 Å². The molecule has 0 saturated heterocycles. The van der Waals surface area contributed by atoms with Gasteiger partial charge in [-0.15, -0.1) is 0 Å².